The van der Waals surface area contributed by atoms with Gasteiger partial charge >= 0.3 is 15.5 Å². The van der Waals surface area contributed by atoms with Gasteiger partial charge in [-0.25, -0.2) is 0 Å². The standard InChI is InChI=1S/C26H23F3N6O2S2/c27-26(28,29)39(36,37)34-22-16-23-20(13-7-8-14-35(23)17-18-9-3-1-4-10-18)15-21(22)31-32-25-30-24(33-38-25)19-11-5-2-6-12-19/h1-6,9-12,15-16,34H,7-8,13-14,17H2. The van der Waals surface area contributed by atoms with E-state index in [0.717, 1.165) is 41.1 Å². The van der Waals surface area contributed by atoms with Gasteiger partial charge in [0.15, 0.2) is 5.82 Å². The summed E-state index contributed by atoms with van der Waals surface area (Å²) in [6.07, 6.45) is 2.39. The molecule has 0 saturated carbocycles. The highest BCUT2D eigenvalue weighted by molar-refractivity contribution is 7.93. The van der Waals surface area contributed by atoms with Gasteiger partial charge in [-0.2, -0.15) is 30.9 Å². The number of anilines is 2. The van der Waals surface area contributed by atoms with Gasteiger partial charge in [-0.05, 0) is 42.5 Å². The Morgan fingerprint density at radius 2 is 1.69 bits per heavy atom. The maximum atomic E-state index is 13.3. The van der Waals surface area contributed by atoms with Crippen LogP contribution in [0.1, 0.15) is 24.0 Å². The van der Waals surface area contributed by atoms with E-state index >= 15 is 0 Å². The van der Waals surface area contributed by atoms with E-state index in [4.69, 9.17) is 0 Å². The van der Waals surface area contributed by atoms with Gasteiger partial charge in [0, 0.05) is 35.9 Å². The summed E-state index contributed by atoms with van der Waals surface area (Å²) in [5.41, 5.74) is -2.56. The summed E-state index contributed by atoms with van der Waals surface area (Å²) < 4.78 is 70.0. The number of hydrogen-bond donors (Lipinski definition) is 1. The molecule has 0 spiro atoms. The number of nitrogens with one attached hydrogen (secondary N) is 1. The van der Waals surface area contributed by atoms with Gasteiger partial charge in [0.25, 0.3) is 0 Å². The van der Waals surface area contributed by atoms with Crippen molar-refractivity contribution in [1.82, 2.24) is 9.36 Å². The highest BCUT2D eigenvalue weighted by Gasteiger charge is 2.46. The van der Waals surface area contributed by atoms with Gasteiger partial charge in [0.05, 0.1) is 5.69 Å². The molecule has 0 atom stereocenters. The van der Waals surface area contributed by atoms with E-state index in [1.165, 1.54) is 6.07 Å². The minimum Gasteiger partial charge on any atom is -0.367 e. The normalized spacial score (nSPS) is 14.3. The highest BCUT2D eigenvalue weighted by atomic mass is 32.2. The third-order valence-corrected chi connectivity index (χ3v) is 7.82. The Morgan fingerprint density at radius 1 is 0.974 bits per heavy atom. The quantitative estimate of drug-likeness (QED) is 0.236. The van der Waals surface area contributed by atoms with E-state index in [9.17, 15) is 21.6 Å². The van der Waals surface area contributed by atoms with Crippen LogP contribution in [0.4, 0.5) is 35.4 Å². The fourth-order valence-corrected chi connectivity index (χ4v) is 5.33. The van der Waals surface area contributed by atoms with Crippen LogP contribution in [0.25, 0.3) is 11.4 Å². The first kappa shape index (κ1) is 26.8. The predicted octanol–water partition coefficient (Wildman–Crippen LogP) is 7.22. The smallest absolute Gasteiger partial charge is 0.367 e. The van der Waals surface area contributed by atoms with Crippen molar-refractivity contribution < 1.29 is 21.6 Å². The molecule has 1 aliphatic rings. The molecule has 1 N–H and O–H groups in total. The molecular formula is C26H23F3N6O2S2. The lowest BCUT2D eigenvalue weighted by molar-refractivity contribution is -0.0429. The SMILES string of the molecule is O=S(=O)(Nc1cc2c(cc1N=Nc1nc(-c3ccccc3)ns1)CCCCN2Cc1ccccc1)C(F)(F)F. The Hall–Kier alpha value is -3.84. The molecule has 2 heterocycles. The van der Waals surface area contributed by atoms with Crippen molar-refractivity contribution in [2.24, 2.45) is 10.2 Å². The summed E-state index contributed by atoms with van der Waals surface area (Å²) in [6, 6.07) is 21.9. The molecule has 39 heavy (non-hydrogen) atoms. The van der Waals surface area contributed by atoms with Gasteiger partial charge in [0.1, 0.15) is 5.69 Å². The summed E-state index contributed by atoms with van der Waals surface area (Å²) >= 11 is 0.972. The van der Waals surface area contributed by atoms with Crippen molar-refractivity contribution in [3.63, 3.8) is 0 Å². The second-order valence-corrected chi connectivity index (χ2v) is 11.3. The lowest BCUT2D eigenvalue weighted by Crippen LogP contribution is -2.30. The van der Waals surface area contributed by atoms with Crippen LogP contribution >= 0.6 is 11.5 Å². The summed E-state index contributed by atoms with van der Waals surface area (Å²) in [5, 5.41) is 8.37. The van der Waals surface area contributed by atoms with E-state index < -0.39 is 15.5 Å². The van der Waals surface area contributed by atoms with Crippen molar-refractivity contribution in [1.29, 1.82) is 0 Å². The average molecular weight is 573 g/mol. The van der Waals surface area contributed by atoms with Crippen molar-refractivity contribution in [2.45, 2.75) is 31.3 Å². The Kier molecular flexibility index (Phi) is 7.62. The number of halogens is 3. The second-order valence-electron chi connectivity index (χ2n) is 8.88. The summed E-state index contributed by atoms with van der Waals surface area (Å²) in [7, 11) is -5.70. The molecule has 1 aromatic heterocycles. The average Bonchev–Trinajstić information content (AvgIpc) is 3.31. The second kappa shape index (κ2) is 11.1. The lowest BCUT2D eigenvalue weighted by atomic mass is 10.1. The molecule has 0 bridgehead atoms. The third kappa shape index (κ3) is 6.25. The molecule has 5 rings (SSSR count). The number of azo groups is 1. The van der Waals surface area contributed by atoms with E-state index in [-0.39, 0.29) is 16.5 Å². The molecular weight excluding hydrogens is 549 g/mol. The van der Waals surface area contributed by atoms with Crippen LogP contribution in [0.15, 0.2) is 83.0 Å². The van der Waals surface area contributed by atoms with Gasteiger partial charge in [-0.15, -0.1) is 10.2 Å². The van der Waals surface area contributed by atoms with E-state index in [2.05, 4.69) is 19.6 Å². The number of benzene rings is 3. The Labute approximate surface area is 227 Å². The zero-order valence-electron chi connectivity index (χ0n) is 20.5. The van der Waals surface area contributed by atoms with E-state index in [1.807, 2.05) is 65.6 Å². The molecule has 8 nitrogen and oxygen atoms in total. The zero-order chi connectivity index (χ0) is 27.5. The van der Waals surface area contributed by atoms with Gasteiger partial charge in [-0.1, -0.05) is 60.7 Å². The highest BCUT2D eigenvalue weighted by Crippen LogP contribution is 2.40. The molecule has 0 amide bonds. The Balaban J connectivity index is 1.53. The Morgan fingerprint density at radius 3 is 2.41 bits per heavy atom. The van der Waals surface area contributed by atoms with Crippen LogP contribution in [-0.2, 0) is 23.0 Å². The molecule has 0 fully saturated rings. The van der Waals surface area contributed by atoms with Crippen LogP contribution in [0, 0.1) is 0 Å². The summed E-state index contributed by atoms with van der Waals surface area (Å²) in [4.78, 5) is 6.36. The number of sulfonamides is 1. The third-order valence-electron chi connectivity index (χ3n) is 6.12. The van der Waals surface area contributed by atoms with Gasteiger partial charge < -0.3 is 4.90 Å². The number of alkyl halides is 3. The number of hydrogen-bond acceptors (Lipinski definition) is 8. The molecule has 0 saturated heterocycles. The van der Waals surface area contributed by atoms with Crippen molar-refractivity contribution >= 4 is 43.7 Å². The number of aromatic nitrogens is 2. The molecule has 0 unspecified atom stereocenters. The summed E-state index contributed by atoms with van der Waals surface area (Å²) in [5.74, 6) is 0.436. The minimum atomic E-state index is -5.70. The molecule has 3 aromatic carbocycles. The maximum Gasteiger partial charge on any atom is 0.516 e. The van der Waals surface area contributed by atoms with Crippen LogP contribution in [0.3, 0.4) is 0 Å². The number of fused-ring (bicyclic) bond motifs is 1. The summed E-state index contributed by atoms with van der Waals surface area (Å²) in [6.45, 7) is 1.19. The van der Waals surface area contributed by atoms with E-state index in [0.29, 0.717) is 31.0 Å². The predicted molar refractivity (Wildman–Crippen MR) is 145 cm³/mol. The first-order valence-electron chi connectivity index (χ1n) is 12.1. The molecule has 0 radical (unpaired) electrons. The van der Waals surface area contributed by atoms with Gasteiger partial charge in [-0.3, -0.25) is 4.72 Å². The molecule has 202 valence electrons. The van der Waals surface area contributed by atoms with Crippen molar-refractivity contribution in [3.05, 3.63) is 83.9 Å². The van der Waals surface area contributed by atoms with Crippen molar-refractivity contribution in [3.8, 4) is 11.4 Å². The van der Waals surface area contributed by atoms with Crippen LogP contribution in [-0.4, -0.2) is 29.8 Å². The molecule has 13 heteroatoms. The number of rotatable bonds is 7. The zero-order valence-corrected chi connectivity index (χ0v) is 22.1. The van der Waals surface area contributed by atoms with Crippen LogP contribution < -0.4 is 9.62 Å². The fraction of sp³-hybridized carbons (Fsp3) is 0.231. The van der Waals surface area contributed by atoms with Crippen LogP contribution in [0.5, 0.6) is 0 Å². The van der Waals surface area contributed by atoms with Crippen molar-refractivity contribution in [2.75, 3.05) is 16.2 Å². The Bertz CT molecular complexity index is 1580. The van der Waals surface area contributed by atoms with Crippen LogP contribution in [0.2, 0.25) is 0 Å². The fourth-order valence-electron chi connectivity index (χ4n) is 4.25. The molecule has 1 aliphatic heterocycles. The monoisotopic (exact) mass is 572 g/mol. The number of nitrogens with zero attached hydrogens (tertiary/aromatic N) is 5. The topological polar surface area (TPSA) is 99.9 Å². The molecule has 4 aromatic rings. The maximum absolute atomic E-state index is 13.3. The minimum absolute atomic E-state index is 0.0420. The first-order valence-corrected chi connectivity index (χ1v) is 14.3. The first-order chi connectivity index (χ1) is 18.7. The lowest BCUT2D eigenvalue weighted by Gasteiger charge is -2.26. The molecule has 0 aliphatic carbocycles. The van der Waals surface area contributed by atoms with E-state index in [1.54, 1.807) is 10.8 Å². The largest absolute Gasteiger partial charge is 0.516 e. The number of aryl methyl sites for hydroxylation is 1. The van der Waals surface area contributed by atoms with Gasteiger partial charge in [0.2, 0.25) is 5.13 Å².